The van der Waals surface area contributed by atoms with E-state index in [1.54, 1.807) is 7.05 Å². The van der Waals surface area contributed by atoms with E-state index in [0.717, 1.165) is 19.1 Å². The Morgan fingerprint density at radius 2 is 1.77 bits per heavy atom. The van der Waals surface area contributed by atoms with E-state index in [9.17, 15) is 4.79 Å². The number of carbonyl (C=O) groups excluding carboxylic acids is 1. The van der Waals surface area contributed by atoms with Crippen LogP contribution < -0.4 is 16.0 Å². The molecule has 3 N–H and O–H groups in total. The van der Waals surface area contributed by atoms with Gasteiger partial charge < -0.3 is 20.7 Å². The van der Waals surface area contributed by atoms with Crippen LogP contribution in [0.1, 0.15) is 45.4 Å². The monoisotopic (exact) mass is 312 g/mol. The first-order valence-electron chi connectivity index (χ1n) is 8.55. The lowest BCUT2D eigenvalue weighted by Gasteiger charge is -2.20. The van der Waals surface area contributed by atoms with Crippen molar-refractivity contribution in [2.75, 3.05) is 39.9 Å². The number of ether oxygens (including phenoxy) is 1. The van der Waals surface area contributed by atoms with Gasteiger partial charge in [-0.3, -0.25) is 9.79 Å². The molecule has 0 heterocycles. The fraction of sp³-hybridized carbons (Fsp3) is 0.875. The van der Waals surface area contributed by atoms with Crippen molar-refractivity contribution in [2.45, 2.75) is 45.4 Å². The molecule has 1 rings (SSSR count). The van der Waals surface area contributed by atoms with Crippen LogP contribution in [-0.2, 0) is 9.53 Å². The van der Waals surface area contributed by atoms with Crippen molar-refractivity contribution in [1.82, 2.24) is 16.0 Å². The van der Waals surface area contributed by atoms with E-state index in [0.29, 0.717) is 32.0 Å². The molecule has 1 saturated carbocycles. The Balaban J connectivity index is 2.03. The minimum Gasteiger partial charge on any atom is -0.380 e. The van der Waals surface area contributed by atoms with Crippen molar-refractivity contribution >= 4 is 11.9 Å². The van der Waals surface area contributed by atoms with Crippen molar-refractivity contribution in [3.05, 3.63) is 0 Å². The normalized spacial score (nSPS) is 16.4. The summed E-state index contributed by atoms with van der Waals surface area (Å²) in [6.45, 7) is 5.38. The van der Waals surface area contributed by atoms with Gasteiger partial charge in [0.25, 0.3) is 0 Å². The predicted octanol–water partition coefficient (Wildman–Crippen LogP) is 1.27. The molecule has 6 nitrogen and oxygen atoms in total. The molecular formula is C16H32N4O2. The lowest BCUT2D eigenvalue weighted by Crippen LogP contribution is -2.42. The first kappa shape index (κ1) is 18.7. The number of hydrogen-bond donors (Lipinski definition) is 3. The van der Waals surface area contributed by atoms with Crippen LogP contribution in [0.3, 0.4) is 0 Å². The lowest BCUT2D eigenvalue weighted by molar-refractivity contribution is -0.122. The van der Waals surface area contributed by atoms with Gasteiger partial charge in [-0.1, -0.05) is 19.3 Å². The Morgan fingerprint density at radius 1 is 1.09 bits per heavy atom. The van der Waals surface area contributed by atoms with Crippen LogP contribution in [0.2, 0.25) is 0 Å². The number of nitrogens with zero attached hydrogens (tertiary/aromatic N) is 1. The third kappa shape index (κ3) is 8.87. The van der Waals surface area contributed by atoms with Gasteiger partial charge in [-0.15, -0.1) is 0 Å². The van der Waals surface area contributed by atoms with E-state index in [1.807, 2.05) is 6.92 Å². The van der Waals surface area contributed by atoms with Crippen molar-refractivity contribution in [2.24, 2.45) is 10.9 Å². The van der Waals surface area contributed by atoms with E-state index in [-0.39, 0.29) is 5.91 Å². The number of guanidine groups is 1. The Bertz CT molecular complexity index is 328. The summed E-state index contributed by atoms with van der Waals surface area (Å²) < 4.78 is 5.26. The van der Waals surface area contributed by atoms with E-state index < -0.39 is 0 Å². The first-order valence-corrected chi connectivity index (χ1v) is 8.55. The van der Waals surface area contributed by atoms with Gasteiger partial charge in [0.1, 0.15) is 0 Å². The maximum atomic E-state index is 11.9. The quantitative estimate of drug-likeness (QED) is 0.340. The highest BCUT2D eigenvalue weighted by atomic mass is 16.5. The van der Waals surface area contributed by atoms with E-state index in [2.05, 4.69) is 20.9 Å². The van der Waals surface area contributed by atoms with Crippen molar-refractivity contribution < 1.29 is 9.53 Å². The summed E-state index contributed by atoms with van der Waals surface area (Å²) in [6.07, 6.45) is 7.00. The van der Waals surface area contributed by atoms with Crippen LogP contribution in [0.25, 0.3) is 0 Å². The fourth-order valence-corrected chi connectivity index (χ4v) is 2.71. The van der Waals surface area contributed by atoms with Crippen LogP contribution in [0, 0.1) is 5.92 Å². The van der Waals surface area contributed by atoms with Gasteiger partial charge in [0.2, 0.25) is 5.91 Å². The summed E-state index contributed by atoms with van der Waals surface area (Å²) in [5.74, 6) is 1.50. The number of hydrogen-bond acceptors (Lipinski definition) is 3. The summed E-state index contributed by atoms with van der Waals surface area (Å²) >= 11 is 0. The molecular weight excluding hydrogens is 280 g/mol. The number of carbonyl (C=O) groups is 1. The van der Waals surface area contributed by atoms with Crippen LogP contribution in [0.15, 0.2) is 4.99 Å². The Labute approximate surface area is 134 Å². The number of nitrogens with one attached hydrogen (secondary N) is 3. The average Bonchev–Trinajstić information content (AvgIpc) is 2.54. The van der Waals surface area contributed by atoms with Crippen molar-refractivity contribution in [3.8, 4) is 0 Å². The largest absolute Gasteiger partial charge is 0.380 e. The summed E-state index contributed by atoms with van der Waals surface area (Å²) in [6, 6.07) is 0. The van der Waals surface area contributed by atoms with Gasteiger partial charge in [0, 0.05) is 39.7 Å². The maximum absolute atomic E-state index is 11.9. The molecule has 0 aliphatic heterocycles. The highest BCUT2D eigenvalue weighted by Gasteiger charge is 2.16. The standard InChI is InChI=1S/C16H32N4O2/c1-3-22-12-11-20-16(17-2)19-10-9-18-15(21)13-14-7-5-4-6-8-14/h14H,3-13H2,1-2H3,(H,18,21)(H2,17,19,20). The van der Waals surface area contributed by atoms with Gasteiger partial charge in [-0.05, 0) is 25.7 Å². The summed E-state index contributed by atoms with van der Waals surface area (Å²) in [5.41, 5.74) is 0. The highest BCUT2D eigenvalue weighted by Crippen LogP contribution is 2.25. The molecule has 128 valence electrons. The van der Waals surface area contributed by atoms with Gasteiger partial charge in [-0.25, -0.2) is 0 Å². The topological polar surface area (TPSA) is 74.8 Å². The van der Waals surface area contributed by atoms with Gasteiger partial charge in [0.15, 0.2) is 5.96 Å². The molecule has 1 aliphatic rings. The summed E-state index contributed by atoms with van der Waals surface area (Å²) in [4.78, 5) is 16.0. The molecule has 0 bridgehead atoms. The third-order valence-corrected chi connectivity index (χ3v) is 3.91. The molecule has 0 radical (unpaired) electrons. The van der Waals surface area contributed by atoms with Crippen LogP contribution in [0.4, 0.5) is 0 Å². The molecule has 0 unspecified atom stereocenters. The molecule has 0 atom stereocenters. The second-order valence-corrected chi connectivity index (χ2v) is 5.68. The molecule has 0 saturated heterocycles. The van der Waals surface area contributed by atoms with Crippen LogP contribution in [0.5, 0.6) is 0 Å². The Hall–Kier alpha value is -1.30. The summed E-state index contributed by atoms with van der Waals surface area (Å²) in [7, 11) is 1.73. The van der Waals surface area contributed by atoms with E-state index in [1.165, 1.54) is 32.1 Å². The zero-order chi connectivity index (χ0) is 16.0. The second kappa shape index (κ2) is 12.3. The lowest BCUT2D eigenvalue weighted by atomic mass is 9.87. The molecule has 1 fully saturated rings. The predicted molar refractivity (Wildman–Crippen MR) is 90.1 cm³/mol. The summed E-state index contributed by atoms with van der Waals surface area (Å²) in [5, 5.41) is 9.31. The fourth-order valence-electron chi connectivity index (χ4n) is 2.71. The van der Waals surface area contributed by atoms with Crippen LogP contribution in [-0.4, -0.2) is 51.8 Å². The Kier molecular flexibility index (Phi) is 10.5. The molecule has 1 aliphatic carbocycles. The second-order valence-electron chi connectivity index (χ2n) is 5.68. The van der Waals surface area contributed by atoms with Crippen molar-refractivity contribution in [1.29, 1.82) is 0 Å². The zero-order valence-electron chi connectivity index (χ0n) is 14.1. The number of aliphatic imine (C=N–C) groups is 1. The minimum absolute atomic E-state index is 0.174. The Morgan fingerprint density at radius 3 is 2.45 bits per heavy atom. The first-order chi connectivity index (χ1) is 10.8. The molecule has 6 heteroatoms. The minimum atomic E-state index is 0.174. The average molecular weight is 312 g/mol. The third-order valence-electron chi connectivity index (χ3n) is 3.91. The smallest absolute Gasteiger partial charge is 0.220 e. The van der Waals surface area contributed by atoms with Crippen LogP contribution >= 0.6 is 0 Å². The van der Waals surface area contributed by atoms with E-state index >= 15 is 0 Å². The van der Waals surface area contributed by atoms with E-state index in [4.69, 9.17) is 4.74 Å². The SMILES string of the molecule is CCOCCNC(=NC)NCCNC(=O)CC1CCCCC1. The molecule has 1 amide bonds. The van der Waals surface area contributed by atoms with Gasteiger partial charge in [-0.2, -0.15) is 0 Å². The zero-order valence-corrected chi connectivity index (χ0v) is 14.1. The highest BCUT2D eigenvalue weighted by molar-refractivity contribution is 5.79. The molecule has 22 heavy (non-hydrogen) atoms. The number of rotatable bonds is 9. The van der Waals surface area contributed by atoms with Gasteiger partial charge in [0.05, 0.1) is 6.61 Å². The molecule has 0 aromatic rings. The number of amides is 1. The van der Waals surface area contributed by atoms with Gasteiger partial charge >= 0.3 is 0 Å². The molecule has 0 spiro atoms. The molecule has 0 aromatic carbocycles. The molecule has 0 aromatic heterocycles. The van der Waals surface area contributed by atoms with Crippen molar-refractivity contribution in [3.63, 3.8) is 0 Å². The maximum Gasteiger partial charge on any atom is 0.220 e.